The van der Waals surface area contributed by atoms with E-state index in [1.165, 1.54) is 12.0 Å². The van der Waals surface area contributed by atoms with Gasteiger partial charge in [-0.2, -0.15) is 4.39 Å². The summed E-state index contributed by atoms with van der Waals surface area (Å²) in [6.45, 7) is 0.656. The molecule has 1 saturated heterocycles. The summed E-state index contributed by atoms with van der Waals surface area (Å²) in [5.41, 5.74) is -1.50. The molecule has 1 aromatic carbocycles. The molecule has 0 spiro atoms. The lowest BCUT2D eigenvalue weighted by molar-refractivity contribution is -0.387. The van der Waals surface area contributed by atoms with Crippen molar-refractivity contribution in [1.29, 1.82) is 0 Å². The Labute approximate surface area is 113 Å². The van der Waals surface area contributed by atoms with Gasteiger partial charge >= 0.3 is 5.69 Å². The third-order valence-electron chi connectivity index (χ3n) is 3.23. The molecule has 1 heterocycles. The van der Waals surface area contributed by atoms with Gasteiger partial charge in [-0.3, -0.25) is 14.9 Å². The van der Waals surface area contributed by atoms with Crippen molar-refractivity contribution in [1.82, 2.24) is 4.90 Å². The number of nitro groups is 1. The Bertz CT molecular complexity index is 565. The van der Waals surface area contributed by atoms with Crippen molar-refractivity contribution in [3.8, 4) is 0 Å². The van der Waals surface area contributed by atoms with Gasteiger partial charge in [-0.05, 0) is 12.5 Å². The molecule has 8 heteroatoms. The van der Waals surface area contributed by atoms with Crippen LogP contribution in [0, 0.1) is 21.7 Å². The number of nitro benzene ring substituents is 1. The summed E-state index contributed by atoms with van der Waals surface area (Å²) in [6.07, 6.45) is 0.476. The normalized spacial score (nSPS) is 18.4. The number of amides is 1. The van der Waals surface area contributed by atoms with E-state index >= 15 is 0 Å². The Kier molecular flexibility index (Phi) is 3.93. The number of methoxy groups -OCH3 is 1. The van der Waals surface area contributed by atoms with Crippen LogP contribution in [0.25, 0.3) is 0 Å². The second-order valence-corrected chi connectivity index (χ2v) is 4.44. The number of carbonyl (C=O) groups is 1. The standard InChI is InChI=1S/C12H12F2N2O4/c1-20-7-2-3-15(6-7)12(17)8-4-10(14)11(16(18)19)5-9(8)13/h4-5,7H,2-3,6H2,1H3. The van der Waals surface area contributed by atoms with Gasteiger partial charge in [0.2, 0.25) is 5.82 Å². The van der Waals surface area contributed by atoms with E-state index in [4.69, 9.17) is 4.74 Å². The van der Waals surface area contributed by atoms with Gasteiger partial charge in [0.1, 0.15) is 5.82 Å². The van der Waals surface area contributed by atoms with Crippen LogP contribution in [-0.4, -0.2) is 42.0 Å². The minimum atomic E-state index is -1.23. The summed E-state index contributed by atoms with van der Waals surface area (Å²) in [6, 6.07) is 0.988. The highest BCUT2D eigenvalue weighted by Crippen LogP contribution is 2.24. The molecule has 1 aliphatic heterocycles. The topological polar surface area (TPSA) is 72.7 Å². The lowest BCUT2D eigenvalue weighted by atomic mass is 10.1. The van der Waals surface area contributed by atoms with Crippen molar-refractivity contribution in [2.24, 2.45) is 0 Å². The quantitative estimate of drug-likeness (QED) is 0.626. The Morgan fingerprint density at radius 1 is 1.45 bits per heavy atom. The van der Waals surface area contributed by atoms with E-state index in [1.54, 1.807) is 0 Å². The molecule has 0 radical (unpaired) electrons. The highest BCUT2D eigenvalue weighted by Gasteiger charge is 2.30. The van der Waals surface area contributed by atoms with Gasteiger partial charge in [-0.25, -0.2) is 4.39 Å². The maximum atomic E-state index is 13.7. The fourth-order valence-corrected chi connectivity index (χ4v) is 2.12. The Hall–Kier alpha value is -2.09. The van der Waals surface area contributed by atoms with Gasteiger partial charge in [-0.1, -0.05) is 0 Å². The molecule has 1 aliphatic rings. The number of halogens is 2. The van der Waals surface area contributed by atoms with Crippen LogP contribution >= 0.6 is 0 Å². The van der Waals surface area contributed by atoms with E-state index in [2.05, 4.69) is 0 Å². The molecular formula is C12H12F2N2O4. The first-order chi connectivity index (χ1) is 9.43. The molecule has 1 aromatic rings. The summed E-state index contributed by atoms with van der Waals surface area (Å²) >= 11 is 0. The van der Waals surface area contributed by atoms with Crippen molar-refractivity contribution in [3.05, 3.63) is 39.4 Å². The van der Waals surface area contributed by atoms with Gasteiger partial charge < -0.3 is 9.64 Å². The summed E-state index contributed by atoms with van der Waals surface area (Å²) in [5.74, 6) is -3.04. The van der Waals surface area contributed by atoms with Crippen LogP contribution in [0.5, 0.6) is 0 Å². The number of hydrogen-bond donors (Lipinski definition) is 0. The zero-order valence-electron chi connectivity index (χ0n) is 10.6. The zero-order chi connectivity index (χ0) is 14.9. The third kappa shape index (κ3) is 2.60. The van der Waals surface area contributed by atoms with Gasteiger partial charge in [-0.15, -0.1) is 0 Å². The number of likely N-dealkylation sites (tertiary alicyclic amines) is 1. The average molecular weight is 286 g/mol. The lowest BCUT2D eigenvalue weighted by Crippen LogP contribution is -2.30. The first kappa shape index (κ1) is 14.3. The first-order valence-corrected chi connectivity index (χ1v) is 5.89. The molecule has 2 rings (SSSR count). The number of benzene rings is 1. The summed E-state index contributed by atoms with van der Waals surface area (Å²) < 4.78 is 32.3. The number of rotatable bonds is 3. The molecule has 1 fully saturated rings. The minimum Gasteiger partial charge on any atom is -0.380 e. The van der Waals surface area contributed by atoms with E-state index in [0.29, 0.717) is 25.1 Å². The summed E-state index contributed by atoms with van der Waals surface area (Å²) in [4.78, 5) is 22.8. The van der Waals surface area contributed by atoms with Crippen molar-refractivity contribution < 1.29 is 23.2 Å². The van der Waals surface area contributed by atoms with E-state index in [9.17, 15) is 23.7 Å². The second kappa shape index (κ2) is 5.49. The van der Waals surface area contributed by atoms with E-state index < -0.39 is 33.7 Å². The fourth-order valence-electron chi connectivity index (χ4n) is 2.12. The van der Waals surface area contributed by atoms with Crippen molar-refractivity contribution >= 4 is 11.6 Å². The Balaban J connectivity index is 2.27. The molecule has 1 amide bonds. The van der Waals surface area contributed by atoms with Crippen molar-refractivity contribution in [2.45, 2.75) is 12.5 Å². The van der Waals surface area contributed by atoms with Crippen LogP contribution in [0.15, 0.2) is 12.1 Å². The number of ether oxygens (including phenoxy) is 1. The maximum Gasteiger partial charge on any atom is 0.307 e. The molecule has 0 aromatic heterocycles. The fraction of sp³-hybridized carbons (Fsp3) is 0.417. The summed E-state index contributed by atoms with van der Waals surface area (Å²) in [7, 11) is 1.50. The second-order valence-electron chi connectivity index (χ2n) is 4.44. The van der Waals surface area contributed by atoms with Crippen LogP contribution in [-0.2, 0) is 4.74 Å². The van der Waals surface area contributed by atoms with Gasteiger partial charge in [0.15, 0.2) is 0 Å². The molecule has 0 aliphatic carbocycles. The minimum absolute atomic E-state index is 0.134. The number of hydrogen-bond acceptors (Lipinski definition) is 4. The molecule has 108 valence electrons. The molecule has 0 bridgehead atoms. The highest BCUT2D eigenvalue weighted by molar-refractivity contribution is 5.95. The highest BCUT2D eigenvalue weighted by atomic mass is 19.1. The zero-order valence-corrected chi connectivity index (χ0v) is 10.6. The average Bonchev–Trinajstić information content (AvgIpc) is 2.88. The van der Waals surface area contributed by atoms with Crippen molar-refractivity contribution in [3.63, 3.8) is 0 Å². The van der Waals surface area contributed by atoms with Gasteiger partial charge in [0.05, 0.1) is 22.7 Å². The van der Waals surface area contributed by atoms with Crippen LogP contribution in [0.3, 0.4) is 0 Å². The SMILES string of the molecule is COC1CCN(C(=O)c2cc(F)c([N+](=O)[O-])cc2F)C1. The summed E-state index contributed by atoms with van der Waals surface area (Å²) in [5, 5.41) is 10.5. The smallest absolute Gasteiger partial charge is 0.307 e. The molecule has 0 saturated carbocycles. The van der Waals surface area contributed by atoms with Crippen LogP contribution in [0.1, 0.15) is 16.8 Å². The van der Waals surface area contributed by atoms with Crippen LogP contribution in [0.4, 0.5) is 14.5 Å². The molecule has 6 nitrogen and oxygen atoms in total. The van der Waals surface area contributed by atoms with E-state index in [-0.39, 0.29) is 12.6 Å². The van der Waals surface area contributed by atoms with Crippen LogP contribution in [0.2, 0.25) is 0 Å². The monoisotopic (exact) mass is 286 g/mol. The number of nitrogens with zero attached hydrogens (tertiary/aromatic N) is 2. The largest absolute Gasteiger partial charge is 0.380 e. The Morgan fingerprint density at radius 3 is 2.70 bits per heavy atom. The first-order valence-electron chi connectivity index (χ1n) is 5.89. The molecular weight excluding hydrogens is 274 g/mol. The number of carbonyl (C=O) groups excluding carboxylic acids is 1. The lowest BCUT2D eigenvalue weighted by Gasteiger charge is -2.16. The predicted octanol–water partition coefficient (Wildman–Crippen LogP) is 1.73. The van der Waals surface area contributed by atoms with Gasteiger partial charge in [0, 0.05) is 20.2 Å². The van der Waals surface area contributed by atoms with E-state index in [1.807, 2.05) is 0 Å². The Morgan fingerprint density at radius 2 is 2.15 bits per heavy atom. The van der Waals surface area contributed by atoms with Crippen LogP contribution < -0.4 is 0 Å². The molecule has 0 N–H and O–H groups in total. The molecule has 1 unspecified atom stereocenters. The van der Waals surface area contributed by atoms with Crippen molar-refractivity contribution in [2.75, 3.05) is 20.2 Å². The van der Waals surface area contributed by atoms with Gasteiger partial charge in [0.25, 0.3) is 5.91 Å². The predicted molar refractivity (Wildman–Crippen MR) is 64.3 cm³/mol. The van der Waals surface area contributed by atoms with E-state index in [0.717, 1.165) is 0 Å². The molecule has 1 atom stereocenters. The molecule has 20 heavy (non-hydrogen) atoms. The maximum absolute atomic E-state index is 13.7. The third-order valence-corrected chi connectivity index (χ3v) is 3.23.